The molecule has 0 saturated heterocycles. The van der Waals surface area contributed by atoms with Crippen molar-refractivity contribution in [3.63, 3.8) is 0 Å². The number of aromatic nitrogens is 3. The highest BCUT2D eigenvalue weighted by atomic mass is 19.4. The summed E-state index contributed by atoms with van der Waals surface area (Å²) in [4.78, 5) is 42.6. The van der Waals surface area contributed by atoms with Crippen LogP contribution < -0.4 is 5.73 Å². The molecule has 49 heavy (non-hydrogen) atoms. The van der Waals surface area contributed by atoms with Crippen LogP contribution in [0.1, 0.15) is 63.3 Å². The van der Waals surface area contributed by atoms with E-state index >= 15 is 0 Å². The van der Waals surface area contributed by atoms with Crippen LogP contribution in [0.2, 0.25) is 0 Å². The molecule has 17 heteroatoms. The normalized spacial score (nSPS) is 17.9. The van der Waals surface area contributed by atoms with Gasteiger partial charge < -0.3 is 15.2 Å². The first-order valence-electron chi connectivity index (χ1n) is 14.8. The van der Waals surface area contributed by atoms with Gasteiger partial charge in [-0.05, 0) is 55.2 Å². The molecule has 0 unspecified atom stereocenters. The molecule has 0 bridgehead atoms. The minimum absolute atomic E-state index is 0.0646. The van der Waals surface area contributed by atoms with Crippen LogP contribution in [0.5, 0.6) is 0 Å². The van der Waals surface area contributed by atoms with E-state index in [4.69, 9.17) is 10.3 Å². The molecule has 0 fully saturated rings. The molecule has 0 saturated carbocycles. The Hall–Kier alpha value is -5.35. The third kappa shape index (κ3) is 6.56. The van der Waals surface area contributed by atoms with Crippen LogP contribution in [0.3, 0.4) is 0 Å². The van der Waals surface area contributed by atoms with Gasteiger partial charge in [-0.2, -0.15) is 26.3 Å². The van der Waals surface area contributed by atoms with Crippen LogP contribution in [0.4, 0.5) is 30.7 Å². The van der Waals surface area contributed by atoms with E-state index in [9.17, 15) is 40.3 Å². The van der Waals surface area contributed by atoms with E-state index < -0.39 is 78.4 Å². The molecule has 4 heterocycles. The molecule has 2 aliphatic heterocycles. The number of aryl methyl sites for hydroxylation is 1. The molecule has 6 rings (SSSR count). The Balaban J connectivity index is 1.28. The van der Waals surface area contributed by atoms with Crippen LogP contribution in [0.25, 0.3) is 11.4 Å². The standard InChI is InChI=1S/C32H26F7N7O3/c1-17-23(16-49-44-17)26-41-12-19-14-45(15-25(19)42-26)27(47)22-11-18(3-8-24(22)32(37,38)39)13-46-28(48)30(43-29(46)40,9-2-10-31(34,35)36)20-4-6-21(33)7-5-20/h3-8,11-12,16H,2,9-10,13-15H2,1H3,(H2,40,43)/t30-/m1/s1. The molecule has 0 radical (unpaired) electrons. The Morgan fingerprint density at radius 3 is 2.45 bits per heavy atom. The van der Waals surface area contributed by atoms with Gasteiger partial charge in [0.2, 0.25) is 0 Å². The van der Waals surface area contributed by atoms with Gasteiger partial charge in [0, 0.05) is 24.7 Å². The largest absolute Gasteiger partial charge is 0.417 e. The second kappa shape index (κ2) is 12.3. The van der Waals surface area contributed by atoms with Crippen molar-refractivity contribution < 1.29 is 44.8 Å². The molecule has 2 amide bonds. The van der Waals surface area contributed by atoms with Gasteiger partial charge in [-0.1, -0.05) is 23.4 Å². The number of hydrogen-bond acceptors (Lipinski definition) is 8. The van der Waals surface area contributed by atoms with Crippen molar-refractivity contribution in [3.8, 4) is 11.4 Å². The molecule has 2 aliphatic rings. The number of nitrogens with zero attached hydrogens (tertiary/aromatic N) is 6. The average molecular weight is 690 g/mol. The second-order valence-corrected chi connectivity index (χ2v) is 11.7. The Labute approximate surface area is 273 Å². The fourth-order valence-corrected chi connectivity index (χ4v) is 5.95. The van der Waals surface area contributed by atoms with Gasteiger partial charge >= 0.3 is 12.4 Å². The minimum atomic E-state index is -4.92. The molecule has 2 aromatic heterocycles. The topological polar surface area (TPSA) is 131 Å². The van der Waals surface area contributed by atoms with Gasteiger partial charge in [0.05, 0.1) is 41.2 Å². The minimum Gasteiger partial charge on any atom is -0.369 e. The number of nitrogens with two attached hydrogens (primary N) is 1. The van der Waals surface area contributed by atoms with Gasteiger partial charge in [-0.25, -0.2) is 19.4 Å². The van der Waals surface area contributed by atoms with Gasteiger partial charge in [-0.15, -0.1) is 0 Å². The zero-order chi connectivity index (χ0) is 35.3. The Morgan fingerprint density at radius 2 is 1.80 bits per heavy atom. The molecule has 0 spiro atoms. The highest BCUT2D eigenvalue weighted by molar-refractivity contribution is 6.07. The molecule has 4 aromatic rings. The van der Waals surface area contributed by atoms with E-state index in [0.717, 1.165) is 29.2 Å². The Morgan fingerprint density at radius 1 is 1.06 bits per heavy atom. The van der Waals surface area contributed by atoms with Crippen molar-refractivity contribution in [2.24, 2.45) is 10.7 Å². The van der Waals surface area contributed by atoms with E-state index in [1.54, 1.807) is 6.92 Å². The predicted molar refractivity (Wildman–Crippen MR) is 157 cm³/mol. The monoisotopic (exact) mass is 689 g/mol. The molecule has 256 valence electrons. The summed E-state index contributed by atoms with van der Waals surface area (Å²) in [6.07, 6.45) is -8.79. The van der Waals surface area contributed by atoms with E-state index in [-0.39, 0.29) is 30.0 Å². The lowest BCUT2D eigenvalue weighted by Crippen LogP contribution is -2.42. The lowest BCUT2D eigenvalue weighted by molar-refractivity contribution is -0.139. The second-order valence-electron chi connectivity index (χ2n) is 11.7. The number of fused-ring (bicyclic) bond motifs is 1. The van der Waals surface area contributed by atoms with Gasteiger partial charge in [-0.3, -0.25) is 14.5 Å². The van der Waals surface area contributed by atoms with Gasteiger partial charge in [0.15, 0.2) is 17.3 Å². The molecular weight excluding hydrogens is 663 g/mol. The van der Waals surface area contributed by atoms with E-state index in [1.807, 2.05) is 0 Å². The molecule has 2 N–H and O–H groups in total. The number of aliphatic imine (C=N–C) groups is 1. The number of hydrogen-bond donors (Lipinski definition) is 1. The zero-order valence-corrected chi connectivity index (χ0v) is 25.6. The summed E-state index contributed by atoms with van der Waals surface area (Å²) < 4.78 is 100. The number of halogens is 7. The quantitative estimate of drug-likeness (QED) is 0.223. The Kier molecular flexibility index (Phi) is 8.40. The van der Waals surface area contributed by atoms with Crippen molar-refractivity contribution >= 4 is 17.8 Å². The SMILES string of the molecule is Cc1nocc1-c1ncc2c(n1)CN(C(=O)c1cc(CN3C(=O)[C@@](CCCC(F)(F)F)(c4ccc(F)cc4)N=C3N)ccc1C(F)(F)F)C2. The van der Waals surface area contributed by atoms with Crippen molar-refractivity contribution in [1.29, 1.82) is 0 Å². The number of guanidine groups is 1. The van der Waals surface area contributed by atoms with Crippen LogP contribution in [-0.2, 0) is 36.1 Å². The summed E-state index contributed by atoms with van der Waals surface area (Å²) >= 11 is 0. The third-order valence-electron chi connectivity index (χ3n) is 8.40. The fraction of sp³-hybridized carbons (Fsp3) is 0.312. The van der Waals surface area contributed by atoms with Crippen molar-refractivity contribution in [2.75, 3.05) is 0 Å². The molecular formula is C32H26F7N7O3. The highest BCUT2D eigenvalue weighted by Gasteiger charge is 2.49. The first kappa shape index (κ1) is 33.5. The summed E-state index contributed by atoms with van der Waals surface area (Å²) in [5.74, 6) is -2.60. The lowest BCUT2D eigenvalue weighted by Gasteiger charge is -2.27. The van der Waals surface area contributed by atoms with Gasteiger partial charge in [0.25, 0.3) is 11.8 Å². The smallest absolute Gasteiger partial charge is 0.369 e. The number of rotatable bonds is 8. The molecule has 0 aliphatic carbocycles. The summed E-state index contributed by atoms with van der Waals surface area (Å²) in [7, 11) is 0. The van der Waals surface area contributed by atoms with E-state index in [2.05, 4.69) is 20.1 Å². The van der Waals surface area contributed by atoms with Crippen molar-refractivity contribution in [1.82, 2.24) is 24.9 Å². The van der Waals surface area contributed by atoms with E-state index in [1.165, 1.54) is 29.5 Å². The zero-order valence-electron chi connectivity index (χ0n) is 25.6. The van der Waals surface area contributed by atoms with Crippen LogP contribution in [0, 0.1) is 12.7 Å². The summed E-state index contributed by atoms with van der Waals surface area (Å²) in [5.41, 5.74) is 4.41. The third-order valence-corrected chi connectivity index (χ3v) is 8.40. The summed E-state index contributed by atoms with van der Waals surface area (Å²) in [6.45, 7) is 1.05. The van der Waals surface area contributed by atoms with Crippen molar-refractivity contribution in [2.45, 2.75) is 63.7 Å². The maximum Gasteiger partial charge on any atom is 0.417 e. The van der Waals surface area contributed by atoms with Crippen LogP contribution >= 0.6 is 0 Å². The Bertz CT molecular complexity index is 1960. The van der Waals surface area contributed by atoms with Crippen molar-refractivity contribution in [3.05, 3.63) is 99.9 Å². The maximum absolute atomic E-state index is 14.2. The fourth-order valence-electron chi connectivity index (χ4n) is 5.95. The molecule has 10 nitrogen and oxygen atoms in total. The number of alkyl halides is 6. The maximum atomic E-state index is 14.2. The first-order valence-corrected chi connectivity index (χ1v) is 14.8. The summed E-state index contributed by atoms with van der Waals surface area (Å²) in [6, 6.07) is 7.25. The number of carbonyl (C=O) groups excluding carboxylic acids is 2. The molecule has 2 aromatic carbocycles. The van der Waals surface area contributed by atoms with E-state index in [0.29, 0.717) is 28.6 Å². The number of benzene rings is 2. The number of carbonyl (C=O) groups is 2. The lowest BCUT2D eigenvalue weighted by atomic mass is 9.84. The first-order chi connectivity index (χ1) is 23.1. The van der Waals surface area contributed by atoms with Crippen LogP contribution in [0.15, 0.2) is 64.4 Å². The molecule has 1 atom stereocenters. The summed E-state index contributed by atoms with van der Waals surface area (Å²) in [5, 5.41) is 3.78. The number of amides is 2. The average Bonchev–Trinajstić information content (AvgIpc) is 3.72. The van der Waals surface area contributed by atoms with Crippen LogP contribution in [-0.4, -0.2) is 48.9 Å². The predicted octanol–water partition coefficient (Wildman–Crippen LogP) is 6.04. The highest BCUT2D eigenvalue weighted by Crippen LogP contribution is 2.40. The van der Waals surface area contributed by atoms with Gasteiger partial charge in [0.1, 0.15) is 12.1 Å².